The molecule has 2 atom stereocenters. The van der Waals surface area contributed by atoms with Crippen molar-refractivity contribution in [2.75, 3.05) is 87.0 Å². The molecule has 2 heterocycles. The van der Waals surface area contributed by atoms with Gasteiger partial charge in [-0.1, -0.05) is 4.76 Å². The number of rotatable bonds is 15. The molecule has 2 unspecified atom stereocenters. The molecule has 32 heavy (non-hydrogen) atoms. The third-order valence-electron chi connectivity index (χ3n) is 4.70. The maximum atomic E-state index is 5.22. The fraction of sp³-hybridized carbons (Fsp3) is 0.938. The molecule has 0 radical (unpaired) electrons. The highest BCUT2D eigenvalue weighted by Crippen LogP contribution is 2.83. The van der Waals surface area contributed by atoms with Crippen molar-refractivity contribution in [3.05, 3.63) is 0 Å². The molecule has 6 N–H and O–H groups in total. The predicted molar refractivity (Wildman–Crippen MR) is 166 cm³/mol. The normalized spacial score (nSPS) is 28.7. The molecular formula is C16H42N8P3S5+3. The van der Waals surface area contributed by atoms with Gasteiger partial charge < -0.3 is 0 Å². The first-order chi connectivity index (χ1) is 15.5. The van der Waals surface area contributed by atoms with Crippen LogP contribution in [0.3, 0.4) is 0 Å². The number of nitrogens with one attached hydrogen (secondary N) is 6. The molecule has 2 aliphatic rings. The van der Waals surface area contributed by atoms with Gasteiger partial charge in [-0.2, -0.15) is 47.0 Å². The summed E-state index contributed by atoms with van der Waals surface area (Å²) >= 11 is 9.52. The van der Waals surface area contributed by atoms with E-state index in [1.807, 2.05) is 47.0 Å². The topological polar surface area (TPSA) is 87.8 Å². The van der Waals surface area contributed by atoms with Crippen LogP contribution < -0.4 is 29.8 Å². The lowest BCUT2D eigenvalue weighted by molar-refractivity contribution is 0.527. The van der Waals surface area contributed by atoms with Crippen molar-refractivity contribution in [2.45, 2.75) is 6.42 Å². The van der Waals surface area contributed by atoms with Gasteiger partial charge in [0.05, 0.1) is 17.6 Å². The van der Waals surface area contributed by atoms with Gasteiger partial charge in [0, 0.05) is 76.6 Å². The standard InChI is InChI=1S/C16H42N8P3S5/c1-24-11-6-12-32-27(24)22-25(17-7-13-28-2,18-8-14-29-3)21-26(23-27,19-9-15-30-4)20-10-16-31-5/h7,18-23H,6,8-16H2,1-5H3/q+3. The van der Waals surface area contributed by atoms with E-state index in [-0.39, 0.29) is 0 Å². The van der Waals surface area contributed by atoms with Gasteiger partial charge in [-0.25, -0.2) is 0 Å². The van der Waals surface area contributed by atoms with Crippen molar-refractivity contribution in [1.29, 1.82) is 0 Å². The number of hydrogen-bond donors (Lipinski definition) is 6. The molecule has 0 saturated carbocycles. The first-order valence-corrected chi connectivity index (χ1v) is 23.1. The summed E-state index contributed by atoms with van der Waals surface area (Å²) in [5.74, 6) is 5.32. The van der Waals surface area contributed by atoms with E-state index in [1.165, 1.54) is 12.2 Å². The maximum Gasteiger partial charge on any atom is 0.420 e. The number of thioether (sulfide) groups is 4. The van der Waals surface area contributed by atoms with Gasteiger partial charge >= 0.3 is 22.6 Å². The summed E-state index contributed by atoms with van der Waals surface area (Å²) in [6.07, 6.45) is 12.0. The Morgan fingerprint density at radius 3 is 2.09 bits per heavy atom. The second kappa shape index (κ2) is 16.3. The van der Waals surface area contributed by atoms with E-state index in [4.69, 9.17) is 4.76 Å². The average molecular weight is 600 g/mol. The van der Waals surface area contributed by atoms with Gasteiger partial charge in [-0.05, 0) is 31.4 Å². The monoisotopic (exact) mass is 599 g/mol. The Balaban J connectivity index is 2.44. The molecule has 8 nitrogen and oxygen atoms in total. The van der Waals surface area contributed by atoms with Crippen molar-refractivity contribution in [1.82, 2.24) is 34.5 Å². The largest absolute Gasteiger partial charge is 0.420 e. The van der Waals surface area contributed by atoms with E-state index < -0.39 is 22.6 Å². The fourth-order valence-corrected chi connectivity index (χ4v) is 23.5. The Hall–Kier alpha value is 2.43. The average Bonchev–Trinajstić information content (AvgIpc) is 2.77. The van der Waals surface area contributed by atoms with Crippen LogP contribution in [0.2, 0.25) is 0 Å². The molecule has 2 fully saturated rings. The van der Waals surface area contributed by atoms with Crippen LogP contribution in [0.15, 0.2) is 4.76 Å². The van der Waals surface area contributed by atoms with Crippen LogP contribution in [0.4, 0.5) is 0 Å². The third-order valence-corrected chi connectivity index (χ3v) is 22.5. The lowest BCUT2D eigenvalue weighted by atomic mass is 10.5. The van der Waals surface area contributed by atoms with Gasteiger partial charge in [0.25, 0.3) is 0 Å². The first-order valence-electron chi connectivity index (χ1n) is 10.7. The Labute approximate surface area is 218 Å². The molecule has 0 amide bonds. The predicted octanol–water partition coefficient (Wildman–Crippen LogP) is 4.16. The fourth-order valence-electron chi connectivity index (χ4n) is 3.15. The summed E-state index contributed by atoms with van der Waals surface area (Å²) < 4.78 is 7.76. The van der Waals surface area contributed by atoms with Crippen molar-refractivity contribution in [3.8, 4) is 0 Å². The lowest BCUT2D eigenvalue weighted by Crippen LogP contribution is -2.57. The van der Waals surface area contributed by atoms with Crippen LogP contribution in [0.1, 0.15) is 6.42 Å². The zero-order chi connectivity index (χ0) is 23.3. The highest BCUT2D eigenvalue weighted by atomic mass is 32.7. The number of hydrogen-bond acceptors (Lipinski definition) is 13. The van der Waals surface area contributed by atoms with Crippen LogP contribution in [0.5, 0.6) is 0 Å². The Kier molecular flexibility index (Phi) is 15.6. The van der Waals surface area contributed by atoms with Crippen molar-refractivity contribution in [3.63, 3.8) is 0 Å². The maximum absolute atomic E-state index is 5.22. The summed E-state index contributed by atoms with van der Waals surface area (Å²) in [4.78, 5) is 12.2. The Morgan fingerprint density at radius 1 is 0.906 bits per heavy atom. The first kappa shape index (κ1) is 30.7. The van der Waals surface area contributed by atoms with Crippen LogP contribution in [0.25, 0.3) is 0 Å². The van der Waals surface area contributed by atoms with Gasteiger partial charge in [0.2, 0.25) is 0 Å². The minimum absolute atomic E-state index is 0.919. The minimum Gasteiger partial charge on any atom is -0.164 e. The number of nitrogens with zero attached hydrogens (tertiary/aromatic N) is 2. The molecule has 16 heteroatoms. The molecule has 188 valence electrons. The van der Waals surface area contributed by atoms with Crippen LogP contribution in [-0.2, 0) is 0 Å². The van der Waals surface area contributed by atoms with E-state index in [2.05, 4.69) is 84.2 Å². The summed E-state index contributed by atoms with van der Waals surface area (Å²) in [5, 5.41) is 11.7. The smallest absolute Gasteiger partial charge is 0.164 e. The molecule has 0 aliphatic carbocycles. The summed E-state index contributed by atoms with van der Waals surface area (Å²) in [6, 6.07) is 0. The molecule has 2 rings (SSSR count). The highest BCUT2D eigenvalue weighted by Gasteiger charge is 2.75. The zero-order valence-corrected chi connectivity index (χ0v) is 26.7. The molecular weight excluding hydrogens is 557 g/mol. The summed E-state index contributed by atoms with van der Waals surface area (Å²) in [7, 11) is -2.02. The molecule has 0 bridgehead atoms. The van der Waals surface area contributed by atoms with Gasteiger partial charge in [0.1, 0.15) is 0 Å². The molecule has 0 aromatic rings. The van der Waals surface area contributed by atoms with E-state index >= 15 is 0 Å². The molecule has 2 aliphatic heterocycles. The third kappa shape index (κ3) is 9.38. The van der Waals surface area contributed by atoms with Crippen LogP contribution in [-0.4, -0.2) is 97.9 Å². The SMILES string of the molecule is CSCC=N[P+]1(NCCSC)N[P+](NCCSC)(NCCSC)N[P+]2(N1)SCCCN2C. The van der Waals surface area contributed by atoms with E-state index in [1.54, 1.807) is 0 Å². The van der Waals surface area contributed by atoms with Crippen molar-refractivity contribution in [2.24, 2.45) is 4.76 Å². The Bertz CT molecular complexity index is 562. The summed E-state index contributed by atoms with van der Waals surface area (Å²) in [5.41, 5.74) is 0. The molecule has 0 aromatic heterocycles. The zero-order valence-electron chi connectivity index (χ0n) is 19.9. The second-order valence-electron chi connectivity index (χ2n) is 7.21. The molecule has 1 spiro atoms. The van der Waals surface area contributed by atoms with Crippen molar-refractivity contribution < 1.29 is 0 Å². The van der Waals surface area contributed by atoms with E-state index in [0.29, 0.717) is 0 Å². The van der Waals surface area contributed by atoms with Crippen molar-refractivity contribution >= 4 is 87.3 Å². The second-order valence-corrected chi connectivity index (χ2v) is 22.1. The molecule has 2 saturated heterocycles. The quantitative estimate of drug-likeness (QED) is 0.0929. The Morgan fingerprint density at radius 2 is 1.53 bits per heavy atom. The van der Waals surface area contributed by atoms with Gasteiger partial charge in [-0.3, -0.25) is 0 Å². The van der Waals surface area contributed by atoms with Crippen LogP contribution in [0, 0.1) is 0 Å². The van der Waals surface area contributed by atoms with Gasteiger partial charge in [-0.15, -0.1) is 19.9 Å². The molecule has 0 aromatic carbocycles. The van der Waals surface area contributed by atoms with E-state index in [9.17, 15) is 0 Å². The minimum atomic E-state index is -2.21. The van der Waals surface area contributed by atoms with E-state index in [0.717, 1.165) is 49.2 Å². The van der Waals surface area contributed by atoms with Crippen LogP contribution >= 0.6 is 81.1 Å². The van der Waals surface area contributed by atoms with Gasteiger partial charge in [0.15, 0.2) is 0 Å². The highest BCUT2D eigenvalue weighted by molar-refractivity contribution is 8.62. The summed E-state index contributed by atoms with van der Waals surface area (Å²) in [6.45, 7) is 2.08. The lowest BCUT2D eigenvalue weighted by Gasteiger charge is -2.42.